The van der Waals surface area contributed by atoms with Crippen LogP contribution < -0.4 is 10.9 Å². The zero-order valence-corrected chi connectivity index (χ0v) is 21.8. The van der Waals surface area contributed by atoms with Crippen molar-refractivity contribution in [1.82, 2.24) is 39.7 Å². The predicted molar refractivity (Wildman–Crippen MR) is 145 cm³/mol. The van der Waals surface area contributed by atoms with E-state index >= 15 is 0 Å². The van der Waals surface area contributed by atoms with Gasteiger partial charge in [0.2, 0.25) is 0 Å². The second kappa shape index (κ2) is 10.9. The minimum absolute atomic E-state index is 0.0942. The van der Waals surface area contributed by atoms with Crippen molar-refractivity contribution in [3.8, 4) is 28.1 Å². The number of nitrogens with one attached hydrogen (secondary N) is 2. The van der Waals surface area contributed by atoms with Gasteiger partial charge in [-0.05, 0) is 66.1 Å². The molecular formula is C26H24ClN9O3. The number of hydrogen-bond acceptors (Lipinski definition) is 8. The summed E-state index contributed by atoms with van der Waals surface area (Å²) in [7, 11) is 1.82. The number of aromatic nitrogens is 8. The number of anilines is 1. The van der Waals surface area contributed by atoms with Gasteiger partial charge in [-0.15, -0.1) is 5.10 Å². The number of rotatable bonds is 5. The fourth-order valence-corrected chi connectivity index (χ4v) is 5.02. The molecule has 0 saturated heterocycles. The molecule has 1 atom stereocenters. The molecule has 0 radical (unpaired) electrons. The van der Waals surface area contributed by atoms with Crippen LogP contribution >= 0.6 is 11.6 Å². The van der Waals surface area contributed by atoms with Gasteiger partial charge in [0.05, 0.1) is 17.4 Å². The Morgan fingerprint density at radius 1 is 1.18 bits per heavy atom. The lowest BCUT2D eigenvalue weighted by molar-refractivity contribution is -0.122. The Kier molecular flexibility index (Phi) is 7.19. The lowest BCUT2D eigenvalue weighted by Gasteiger charge is -2.15. The molecule has 0 amide bonds. The normalized spacial score (nSPS) is 13.9. The van der Waals surface area contributed by atoms with Crippen LogP contribution in [0.1, 0.15) is 29.5 Å². The van der Waals surface area contributed by atoms with E-state index in [4.69, 9.17) is 21.5 Å². The number of halogens is 1. The Hall–Kier alpha value is -4.84. The molecule has 4 aromatic heterocycles. The molecule has 1 aromatic carbocycles. The van der Waals surface area contributed by atoms with Crippen molar-refractivity contribution in [2.45, 2.75) is 25.8 Å². The molecule has 5 aromatic rings. The van der Waals surface area contributed by atoms with Gasteiger partial charge in [-0.25, -0.2) is 9.97 Å². The summed E-state index contributed by atoms with van der Waals surface area (Å²) >= 11 is 6.49. The fraction of sp³-hybridized carbons (Fsp3) is 0.192. The van der Waals surface area contributed by atoms with E-state index < -0.39 is 0 Å². The van der Waals surface area contributed by atoms with Crippen molar-refractivity contribution < 1.29 is 9.90 Å². The Morgan fingerprint density at radius 3 is 2.69 bits per heavy atom. The number of nitrogens with zero attached hydrogens (tertiary/aromatic N) is 7. The third-order valence-electron chi connectivity index (χ3n) is 6.49. The van der Waals surface area contributed by atoms with Crippen molar-refractivity contribution in [2.75, 3.05) is 12.4 Å². The van der Waals surface area contributed by atoms with Crippen molar-refractivity contribution in [3.63, 3.8) is 0 Å². The van der Waals surface area contributed by atoms with E-state index in [0.29, 0.717) is 16.7 Å². The summed E-state index contributed by atoms with van der Waals surface area (Å²) in [6.45, 7) is 1.77. The van der Waals surface area contributed by atoms with E-state index in [0.717, 1.165) is 52.3 Å². The van der Waals surface area contributed by atoms with Gasteiger partial charge in [-0.3, -0.25) is 9.59 Å². The average molecular weight is 546 g/mol. The molecule has 3 N–H and O–H groups in total. The third-order valence-corrected chi connectivity index (χ3v) is 6.77. The number of aryl methyl sites for hydroxylation is 2. The second-order valence-electron chi connectivity index (χ2n) is 8.85. The van der Waals surface area contributed by atoms with Gasteiger partial charge < -0.3 is 20.0 Å². The predicted octanol–water partition coefficient (Wildman–Crippen LogP) is 3.52. The molecule has 1 aliphatic rings. The molecule has 5 heterocycles. The monoisotopic (exact) mass is 545 g/mol. The molecule has 1 aliphatic heterocycles. The van der Waals surface area contributed by atoms with Crippen LogP contribution in [0.2, 0.25) is 5.15 Å². The number of benzene rings is 1. The van der Waals surface area contributed by atoms with Gasteiger partial charge in [0.25, 0.3) is 12.0 Å². The zero-order chi connectivity index (χ0) is 27.5. The highest BCUT2D eigenvalue weighted by atomic mass is 35.5. The van der Waals surface area contributed by atoms with Crippen molar-refractivity contribution in [3.05, 3.63) is 87.6 Å². The molecule has 198 valence electrons. The van der Waals surface area contributed by atoms with E-state index in [-0.39, 0.29) is 18.1 Å². The number of imidazole rings is 1. The first-order chi connectivity index (χ1) is 18.9. The summed E-state index contributed by atoms with van der Waals surface area (Å²) in [5.74, 6) is 1.42. The number of pyridine rings is 2. The van der Waals surface area contributed by atoms with Gasteiger partial charge in [0.15, 0.2) is 5.15 Å². The van der Waals surface area contributed by atoms with Crippen LogP contribution in [-0.4, -0.2) is 58.4 Å². The average Bonchev–Trinajstić information content (AvgIpc) is 3.69. The van der Waals surface area contributed by atoms with E-state index in [9.17, 15) is 4.79 Å². The number of tetrazole rings is 1. The van der Waals surface area contributed by atoms with Crippen LogP contribution in [0.15, 0.2) is 59.8 Å². The number of fused-ring (bicyclic) bond motifs is 1. The van der Waals surface area contributed by atoms with Gasteiger partial charge in [-0.2, -0.15) is 4.68 Å². The quantitative estimate of drug-likeness (QED) is 0.281. The highest BCUT2D eigenvalue weighted by Gasteiger charge is 2.29. The molecule has 6 rings (SSSR count). The number of carboxylic acid groups (broad SMARTS) is 1. The summed E-state index contributed by atoms with van der Waals surface area (Å²) in [6, 6.07) is 13.3. The molecule has 0 spiro atoms. The SMILES string of the molecule is CNc1ccc(-c2[nH]c([C@@H]3CCc4cc(-c5cc(C)ccc5-n5cnnn5)cc(=O)n43)nc2Cl)cn1.O=CO. The Labute approximate surface area is 227 Å². The molecule has 0 aliphatic carbocycles. The minimum Gasteiger partial charge on any atom is -0.483 e. The molecular weight excluding hydrogens is 522 g/mol. The Balaban J connectivity index is 0.000000983. The molecule has 0 saturated carbocycles. The number of H-pyrrole nitrogens is 1. The lowest BCUT2D eigenvalue weighted by atomic mass is 10.0. The minimum atomic E-state index is -0.250. The lowest BCUT2D eigenvalue weighted by Crippen LogP contribution is -2.24. The number of aromatic amines is 1. The van der Waals surface area contributed by atoms with Gasteiger partial charge in [-0.1, -0.05) is 23.2 Å². The van der Waals surface area contributed by atoms with Gasteiger partial charge >= 0.3 is 0 Å². The molecule has 39 heavy (non-hydrogen) atoms. The Bertz CT molecular complexity index is 1680. The summed E-state index contributed by atoms with van der Waals surface area (Å²) in [5.41, 5.74) is 5.98. The van der Waals surface area contributed by atoms with Crippen LogP contribution in [0.5, 0.6) is 0 Å². The number of carbonyl (C=O) groups is 1. The van der Waals surface area contributed by atoms with Crippen LogP contribution in [-0.2, 0) is 11.2 Å². The fourth-order valence-electron chi connectivity index (χ4n) is 4.77. The highest BCUT2D eigenvalue weighted by Crippen LogP contribution is 2.35. The van der Waals surface area contributed by atoms with Gasteiger partial charge in [0.1, 0.15) is 18.0 Å². The molecule has 0 unspecified atom stereocenters. The van der Waals surface area contributed by atoms with E-state index in [1.807, 2.05) is 44.3 Å². The van der Waals surface area contributed by atoms with Crippen molar-refractivity contribution in [2.24, 2.45) is 0 Å². The summed E-state index contributed by atoms with van der Waals surface area (Å²) in [4.78, 5) is 34.1. The molecule has 13 heteroatoms. The van der Waals surface area contributed by atoms with Crippen LogP contribution in [0.25, 0.3) is 28.1 Å². The third kappa shape index (κ3) is 5.01. The van der Waals surface area contributed by atoms with E-state index in [1.165, 1.54) is 0 Å². The topological polar surface area (TPSA) is 156 Å². The standard InChI is InChI=1S/C25H22ClN9O.CH2O2/c1-14-3-6-19(34-13-29-32-33-34)18(9-14)16-10-17-5-7-20(35(17)22(36)11-16)25-30-23(24(26)31-25)15-4-8-21(27-2)28-12-15;2-1-3/h3-4,6,8-13,20H,5,7H2,1-2H3,(H,27,28)(H,30,31);1H,(H,2,3)/t20-;/m0./s1. The summed E-state index contributed by atoms with van der Waals surface area (Å²) in [6.07, 6.45) is 4.77. The van der Waals surface area contributed by atoms with Gasteiger partial charge in [0, 0.05) is 36.1 Å². The maximum atomic E-state index is 13.4. The second-order valence-corrected chi connectivity index (χ2v) is 9.21. The molecule has 12 nitrogen and oxygen atoms in total. The zero-order valence-electron chi connectivity index (χ0n) is 21.0. The Morgan fingerprint density at radius 2 is 2.00 bits per heavy atom. The maximum absolute atomic E-state index is 13.4. The summed E-state index contributed by atoms with van der Waals surface area (Å²) in [5, 5.41) is 21.8. The highest BCUT2D eigenvalue weighted by molar-refractivity contribution is 6.31. The smallest absolute Gasteiger partial charge is 0.290 e. The molecule has 0 fully saturated rings. The van der Waals surface area contributed by atoms with Crippen molar-refractivity contribution in [1.29, 1.82) is 0 Å². The summed E-state index contributed by atoms with van der Waals surface area (Å²) < 4.78 is 3.41. The largest absolute Gasteiger partial charge is 0.483 e. The van der Waals surface area contributed by atoms with Crippen LogP contribution in [0.4, 0.5) is 5.82 Å². The maximum Gasteiger partial charge on any atom is 0.290 e. The first-order valence-corrected chi connectivity index (χ1v) is 12.4. The van der Waals surface area contributed by atoms with E-state index in [1.54, 1.807) is 27.8 Å². The van der Waals surface area contributed by atoms with E-state index in [2.05, 4.69) is 41.9 Å². The van der Waals surface area contributed by atoms with Crippen molar-refractivity contribution >= 4 is 23.9 Å². The van der Waals surface area contributed by atoms with Crippen LogP contribution in [0, 0.1) is 6.92 Å². The van der Waals surface area contributed by atoms with Crippen LogP contribution in [0.3, 0.4) is 0 Å². The first-order valence-electron chi connectivity index (χ1n) is 12.0. The first kappa shape index (κ1) is 25.8. The number of hydrogen-bond donors (Lipinski definition) is 3. The molecule has 0 bridgehead atoms.